The molecule has 1 aromatic heterocycles. The molecule has 0 saturated carbocycles. The van der Waals surface area contributed by atoms with E-state index in [2.05, 4.69) is 0 Å². The van der Waals surface area contributed by atoms with E-state index in [1.54, 1.807) is 23.1 Å². The Kier molecular flexibility index (Phi) is 3.70. The number of hydrogen-bond acceptors (Lipinski definition) is 4. The van der Waals surface area contributed by atoms with Gasteiger partial charge in [-0.25, -0.2) is 4.39 Å². The lowest BCUT2D eigenvalue weighted by Gasteiger charge is -2.32. The van der Waals surface area contributed by atoms with Gasteiger partial charge in [0.25, 0.3) is 11.8 Å². The van der Waals surface area contributed by atoms with Crippen molar-refractivity contribution in [2.45, 2.75) is 30.4 Å². The van der Waals surface area contributed by atoms with E-state index in [1.807, 2.05) is 20.8 Å². The third-order valence-corrected chi connectivity index (χ3v) is 6.38. The van der Waals surface area contributed by atoms with Crippen LogP contribution in [0, 0.1) is 5.82 Å². The van der Waals surface area contributed by atoms with Crippen molar-refractivity contribution in [1.29, 1.82) is 0 Å². The largest absolute Gasteiger partial charge is 0.459 e. The molecule has 2 amide bonds. The Hall–Kier alpha value is -2.28. The van der Waals surface area contributed by atoms with Crippen LogP contribution in [0.2, 0.25) is 0 Å². The van der Waals surface area contributed by atoms with Crippen LogP contribution in [0.5, 0.6) is 0 Å². The van der Waals surface area contributed by atoms with Crippen LogP contribution in [0.4, 0.5) is 10.1 Å². The molecule has 2 aliphatic heterocycles. The Morgan fingerprint density at radius 1 is 1.35 bits per heavy atom. The predicted molar refractivity (Wildman–Crippen MR) is 97.5 cm³/mol. The first-order valence-electron chi connectivity index (χ1n) is 8.48. The predicted octanol–water partition coefficient (Wildman–Crippen LogP) is 3.61. The SMILES string of the molecule is CCN1C(=O)C2(SC(C)(C)CN2C(=O)c2ccco2)c2cc(F)ccc21. The zero-order chi connectivity index (χ0) is 18.7. The smallest absolute Gasteiger partial charge is 0.291 e. The number of fused-ring (bicyclic) bond motifs is 2. The molecule has 7 heteroatoms. The maximum Gasteiger partial charge on any atom is 0.291 e. The van der Waals surface area contributed by atoms with Gasteiger partial charge >= 0.3 is 0 Å². The Morgan fingerprint density at radius 2 is 2.12 bits per heavy atom. The van der Waals surface area contributed by atoms with Crippen molar-refractivity contribution in [2.75, 3.05) is 18.0 Å². The number of hydrogen-bond donors (Lipinski definition) is 0. The van der Waals surface area contributed by atoms with Crippen molar-refractivity contribution in [3.05, 3.63) is 53.7 Å². The molecule has 0 bridgehead atoms. The maximum atomic E-state index is 14.1. The lowest BCUT2D eigenvalue weighted by atomic mass is 10.0. The number of furan rings is 1. The van der Waals surface area contributed by atoms with Crippen molar-refractivity contribution < 1.29 is 18.4 Å². The summed E-state index contributed by atoms with van der Waals surface area (Å²) in [5, 5.41) is 0. The van der Waals surface area contributed by atoms with E-state index in [1.165, 1.54) is 35.1 Å². The molecule has 1 fully saturated rings. The van der Waals surface area contributed by atoms with Crippen molar-refractivity contribution in [3.8, 4) is 0 Å². The van der Waals surface area contributed by atoms with Crippen LogP contribution in [-0.2, 0) is 9.67 Å². The molecule has 0 aliphatic carbocycles. The number of rotatable bonds is 2. The van der Waals surface area contributed by atoms with Gasteiger partial charge in [-0.3, -0.25) is 9.59 Å². The second-order valence-electron chi connectivity index (χ2n) is 7.09. The number of benzene rings is 1. The Balaban J connectivity index is 1.93. The highest BCUT2D eigenvalue weighted by atomic mass is 32.2. The van der Waals surface area contributed by atoms with Gasteiger partial charge in [0.1, 0.15) is 5.82 Å². The fourth-order valence-corrected chi connectivity index (χ4v) is 5.55. The van der Waals surface area contributed by atoms with E-state index in [0.29, 0.717) is 24.3 Å². The molecule has 1 saturated heterocycles. The molecule has 4 rings (SSSR count). The van der Waals surface area contributed by atoms with Crippen LogP contribution in [0.1, 0.15) is 36.9 Å². The number of thioether (sulfide) groups is 1. The summed E-state index contributed by atoms with van der Waals surface area (Å²) in [5.74, 6) is -0.835. The normalized spacial score (nSPS) is 23.8. The third-order valence-electron chi connectivity index (χ3n) is 4.79. The van der Waals surface area contributed by atoms with Crippen LogP contribution >= 0.6 is 11.8 Å². The highest BCUT2D eigenvalue weighted by Gasteiger charge is 2.63. The molecular weight excluding hydrogens is 355 g/mol. The molecule has 136 valence electrons. The summed E-state index contributed by atoms with van der Waals surface area (Å²) in [6.45, 7) is 6.64. The van der Waals surface area contributed by atoms with Crippen molar-refractivity contribution in [2.24, 2.45) is 0 Å². The van der Waals surface area contributed by atoms with Crippen LogP contribution in [0.25, 0.3) is 0 Å². The number of carbonyl (C=O) groups is 2. The molecule has 2 aromatic rings. The number of nitrogens with zero attached hydrogens (tertiary/aromatic N) is 2. The molecule has 1 aromatic carbocycles. The second-order valence-corrected chi connectivity index (χ2v) is 8.99. The minimum atomic E-state index is -1.28. The fourth-order valence-electron chi connectivity index (χ4n) is 3.82. The monoisotopic (exact) mass is 374 g/mol. The van der Waals surface area contributed by atoms with E-state index in [0.717, 1.165) is 0 Å². The minimum Gasteiger partial charge on any atom is -0.459 e. The van der Waals surface area contributed by atoms with E-state index < -0.39 is 10.7 Å². The highest BCUT2D eigenvalue weighted by molar-refractivity contribution is 8.02. The summed E-state index contributed by atoms with van der Waals surface area (Å²) >= 11 is 1.40. The molecular formula is C19H19FN2O3S. The first-order chi connectivity index (χ1) is 12.3. The van der Waals surface area contributed by atoms with E-state index in [-0.39, 0.29) is 22.3 Å². The summed E-state index contributed by atoms with van der Waals surface area (Å²) < 4.78 is 19.0. The van der Waals surface area contributed by atoms with Crippen LogP contribution in [-0.4, -0.2) is 34.6 Å². The van der Waals surface area contributed by atoms with Gasteiger partial charge < -0.3 is 14.2 Å². The molecule has 2 aliphatic rings. The number of anilines is 1. The molecule has 26 heavy (non-hydrogen) atoms. The topological polar surface area (TPSA) is 53.8 Å². The summed E-state index contributed by atoms with van der Waals surface area (Å²) in [6, 6.07) is 7.55. The molecule has 0 N–H and O–H groups in total. The first-order valence-corrected chi connectivity index (χ1v) is 9.29. The first kappa shape index (κ1) is 17.1. The minimum absolute atomic E-state index is 0.170. The summed E-state index contributed by atoms with van der Waals surface area (Å²) in [6.07, 6.45) is 1.43. The fraction of sp³-hybridized carbons (Fsp3) is 0.368. The van der Waals surface area contributed by atoms with E-state index in [9.17, 15) is 14.0 Å². The van der Waals surface area contributed by atoms with Gasteiger partial charge in [-0.2, -0.15) is 0 Å². The van der Waals surface area contributed by atoms with Gasteiger partial charge in [0.05, 0.1) is 12.0 Å². The van der Waals surface area contributed by atoms with Crippen LogP contribution < -0.4 is 4.90 Å². The molecule has 0 radical (unpaired) electrons. The number of carbonyl (C=O) groups excluding carboxylic acids is 2. The molecule has 1 spiro atoms. The van der Waals surface area contributed by atoms with Gasteiger partial charge in [0, 0.05) is 23.4 Å². The summed E-state index contributed by atoms with van der Waals surface area (Å²) in [4.78, 5) is 28.5. The van der Waals surface area contributed by atoms with E-state index >= 15 is 0 Å². The van der Waals surface area contributed by atoms with Gasteiger partial charge in [0.15, 0.2) is 10.6 Å². The zero-order valence-electron chi connectivity index (χ0n) is 14.8. The standard InChI is InChI=1S/C19H19FN2O3S/c1-4-21-14-8-7-12(20)10-13(14)19(17(21)24)22(11-18(2,3)26-19)16(23)15-6-5-9-25-15/h5-10H,4,11H2,1-3H3. The van der Waals surface area contributed by atoms with Crippen LogP contribution in [0.3, 0.4) is 0 Å². The Labute approximate surface area is 155 Å². The van der Waals surface area contributed by atoms with Crippen LogP contribution in [0.15, 0.2) is 41.0 Å². The average molecular weight is 374 g/mol. The van der Waals surface area contributed by atoms with Crippen molar-refractivity contribution in [3.63, 3.8) is 0 Å². The number of likely N-dealkylation sites (N-methyl/N-ethyl adjacent to an activating group) is 1. The number of halogens is 1. The number of amides is 2. The summed E-state index contributed by atoms with van der Waals surface area (Å²) in [7, 11) is 0. The zero-order valence-corrected chi connectivity index (χ0v) is 15.6. The summed E-state index contributed by atoms with van der Waals surface area (Å²) in [5.41, 5.74) is 1.18. The van der Waals surface area contributed by atoms with E-state index in [4.69, 9.17) is 4.42 Å². The van der Waals surface area contributed by atoms with Crippen molar-refractivity contribution in [1.82, 2.24) is 4.90 Å². The highest BCUT2D eigenvalue weighted by Crippen LogP contribution is 2.59. The maximum absolute atomic E-state index is 14.1. The molecule has 5 nitrogen and oxygen atoms in total. The van der Waals surface area contributed by atoms with Gasteiger partial charge in [0.2, 0.25) is 0 Å². The average Bonchev–Trinajstić information content (AvgIpc) is 3.26. The van der Waals surface area contributed by atoms with Gasteiger partial charge in [-0.1, -0.05) is 0 Å². The Morgan fingerprint density at radius 3 is 2.77 bits per heavy atom. The molecule has 3 heterocycles. The van der Waals surface area contributed by atoms with Gasteiger partial charge in [-0.15, -0.1) is 11.8 Å². The lowest BCUT2D eigenvalue weighted by molar-refractivity contribution is -0.123. The van der Waals surface area contributed by atoms with Crippen molar-refractivity contribution >= 4 is 29.3 Å². The quantitative estimate of drug-likeness (QED) is 0.806. The van der Waals surface area contributed by atoms with Gasteiger partial charge in [-0.05, 0) is 51.1 Å². The molecule has 1 unspecified atom stereocenters. The Bertz CT molecular complexity index is 896. The third kappa shape index (κ3) is 2.23. The lowest BCUT2D eigenvalue weighted by Crippen LogP contribution is -2.50. The molecule has 1 atom stereocenters. The second kappa shape index (κ2) is 5.61.